The van der Waals surface area contributed by atoms with Gasteiger partial charge in [0.1, 0.15) is 0 Å². The molecule has 1 amide bonds. The Balaban J connectivity index is 1.49. The fourth-order valence-corrected chi connectivity index (χ4v) is 3.90. The summed E-state index contributed by atoms with van der Waals surface area (Å²) in [5.41, 5.74) is 1.23. The second-order valence-corrected chi connectivity index (χ2v) is 7.16. The van der Waals surface area contributed by atoms with Crippen LogP contribution in [0.3, 0.4) is 0 Å². The molecule has 2 aliphatic rings. The molecule has 2 fully saturated rings. The van der Waals surface area contributed by atoms with Crippen molar-refractivity contribution >= 4 is 5.91 Å². The maximum atomic E-state index is 12.4. The first kappa shape index (κ1) is 16.5. The molecule has 1 aromatic heterocycles. The third-order valence-corrected chi connectivity index (χ3v) is 5.17. The van der Waals surface area contributed by atoms with E-state index in [0.29, 0.717) is 12.0 Å². The average molecular weight is 320 g/mol. The number of hydrogen-bond acceptors (Lipinski definition) is 5. The van der Waals surface area contributed by atoms with Gasteiger partial charge in [0.15, 0.2) is 0 Å². The molecule has 0 aromatic carbocycles. The van der Waals surface area contributed by atoms with Gasteiger partial charge in [-0.1, -0.05) is 0 Å². The topological polar surface area (TPSA) is 52.0 Å². The molecule has 0 spiro atoms. The zero-order chi connectivity index (χ0) is 16.4. The highest BCUT2D eigenvalue weighted by atomic mass is 16.3. The third-order valence-electron chi connectivity index (χ3n) is 5.17. The molecule has 1 aromatic rings. The van der Waals surface area contributed by atoms with Crippen molar-refractivity contribution in [3.05, 3.63) is 24.2 Å². The molecule has 0 bridgehead atoms. The summed E-state index contributed by atoms with van der Waals surface area (Å²) in [6.45, 7) is 4.65. The Morgan fingerprint density at radius 2 is 2.26 bits per heavy atom. The van der Waals surface area contributed by atoms with Crippen molar-refractivity contribution in [1.82, 2.24) is 20.0 Å². The molecule has 2 aliphatic heterocycles. The van der Waals surface area contributed by atoms with Gasteiger partial charge in [-0.3, -0.25) is 14.6 Å². The highest BCUT2D eigenvalue weighted by molar-refractivity contribution is 5.82. The number of nitrogens with zero attached hydrogens (tertiary/aromatic N) is 3. The summed E-state index contributed by atoms with van der Waals surface area (Å²) in [6, 6.07) is 2.55. The SMILES string of the molecule is CN(C)CCNC(=O)[C@H]1CC2CN(Cc3ccoc3)CC2N1C. The molecule has 0 saturated carbocycles. The van der Waals surface area contributed by atoms with Crippen LogP contribution in [-0.2, 0) is 11.3 Å². The van der Waals surface area contributed by atoms with Gasteiger partial charge in [-0.05, 0) is 39.5 Å². The molecule has 1 N–H and O–H groups in total. The predicted molar refractivity (Wildman–Crippen MR) is 89.0 cm³/mol. The number of nitrogens with one attached hydrogen (secondary N) is 1. The Kier molecular flexibility index (Phi) is 5.04. The number of amides is 1. The molecule has 2 unspecified atom stereocenters. The molecular formula is C17H28N4O2. The Morgan fingerprint density at radius 3 is 2.91 bits per heavy atom. The minimum Gasteiger partial charge on any atom is -0.472 e. The van der Waals surface area contributed by atoms with Crippen molar-refractivity contribution in [2.75, 3.05) is 47.3 Å². The highest BCUT2D eigenvalue weighted by Crippen LogP contribution is 2.35. The van der Waals surface area contributed by atoms with Gasteiger partial charge < -0.3 is 14.6 Å². The van der Waals surface area contributed by atoms with Gasteiger partial charge in [-0.2, -0.15) is 0 Å². The van der Waals surface area contributed by atoms with Crippen molar-refractivity contribution in [2.45, 2.75) is 25.0 Å². The van der Waals surface area contributed by atoms with Gasteiger partial charge in [0.05, 0.1) is 18.6 Å². The molecule has 0 aliphatic carbocycles. The van der Waals surface area contributed by atoms with Crippen LogP contribution >= 0.6 is 0 Å². The van der Waals surface area contributed by atoms with E-state index in [-0.39, 0.29) is 11.9 Å². The van der Waals surface area contributed by atoms with Crippen molar-refractivity contribution in [2.24, 2.45) is 5.92 Å². The first-order valence-corrected chi connectivity index (χ1v) is 8.42. The molecule has 0 radical (unpaired) electrons. The summed E-state index contributed by atoms with van der Waals surface area (Å²) < 4.78 is 5.15. The van der Waals surface area contributed by atoms with Crippen LogP contribution < -0.4 is 5.32 Å². The Hall–Kier alpha value is -1.37. The van der Waals surface area contributed by atoms with Crippen LogP contribution in [0.1, 0.15) is 12.0 Å². The standard InChI is InChI=1S/C17H28N4O2/c1-19(2)6-5-18-17(22)15-8-14-10-21(11-16(14)20(15)3)9-13-4-7-23-12-13/h4,7,12,14-16H,5-6,8-11H2,1-3H3,(H,18,22)/t14?,15-,16?/m1/s1. The van der Waals surface area contributed by atoms with E-state index in [0.717, 1.165) is 39.1 Å². The van der Waals surface area contributed by atoms with E-state index in [1.54, 1.807) is 6.26 Å². The lowest BCUT2D eigenvalue weighted by Gasteiger charge is -2.26. The minimum absolute atomic E-state index is 0.0308. The lowest BCUT2D eigenvalue weighted by molar-refractivity contribution is -0.125. The van der Waals surface area contributed by atoms with Crippen molar-refractivity contribution < 1.29 is 9.21 Å². The Morgan fingerprint density at radius 1 is 1.43 bits per heavy atom. The molecule has 23 heavy (non-hydrogen) atoms. The molecule has 3 heterocycles. The van der Waals surface area contributed by atoms with Crippen molar-refractivity contribution in [3.8, 4) is 0 Å². The van der Waals surface area contributed by atoms with Gasteiger partial charge in [0.2, 0.25) is 5.91 Å². The lowest BCUT2D eigenvalue weighted by atomic mass is 10.0. The summed E-state index contributed by atoms with van der Waals surface area (Å²) in [7, 11) is 6.14. The molecule has 2 saturated heterocycles. The number of fused-ring (bicyclic) bond motifs is 1. The molecular weight excluding hydrogens is 292 g/mol. The normalized spacial score (nSPS) is 28.4. The smallest absolute Gasteiger partial charge is 0.237 e. The largest absolute Gasteiger partial charge is 0.472 e. The summed E-state index contributed by atoms with van der Waals surface area (Å²) in [5, 5.41) is 3.07. The zero-order valence-electron chi connectivity index (χ0n) is 14.4. The number of carbonyl (C=O) groups is 1. The van der Waals surface area contributed by atoms with Gasteiger partial charge in [-0.25, -0.2) is 0 Å². The van der Waals surface area contributed by atoms with Crippen LogP contribution in [-0.4, -0.2) is 80.0 Å². The monoisotopic (exact) mass is 320 g/mol. The summed E-state index contributed by atoms with van der Waals surface area (Å²) in [5.74, 6) is 0.779. The summed E-state index contributed by atoms with van der Waals surface area (Å²) in [6.07, 6.45) is 4.52. The maximum absolute atomic E-state index is 12.4. The quantitative estimate of drug-likeness (QED) is 0.825. The number of likely N-dealkylation sites (N-methyl/N-ethyl adjacent to an activating group) is 2. The number of rotatable bonds is 6. The van der Waals surface area contributed by atoms with Crippen LogP contribution in [0.15, 0.2) is 23.0 Å². The van der Waals surface area contributed by atoms with E-state index in [9.17, 15) is 4.79 Å². The van der Waals surface area contributed by atoms with Crippen LogP contribution in [0.4, 0.5) is 0 Å². The molecule has 128 valence electrons. The van der Waals surface area contributed by atoms with E-state index in [1.165, 1.54) is 5.56 Å². The van der Waals surface area contributed by atoms with Crippen LogP contribution in [0.2, 0.25) is 0 Å². The first-order valence-electron chi connectivity index (χ1n) is 8.42. The van der Waals surface area contributed by atoms with Gasteiger partial charge >= 0.3 is 0 Å². The summed E-state index contributed by atoms with van der Waals surface area (Å²) in [4.78, 5) is 19.2. The lowest BCUT2D eigenvalue weighted by Crippen LogP contribution is -2.46. The minimum atomic E-state index is 0.0308. The number of hydrogen-bond donors (Lipinski definition) is 1. The Labute approximate surface area is 138 Å². The number of likely N-dealkylation sites (tertiary alicyclic amines) is 2. The second-order valence-electron chi connectivity index (χ2n) is 7.16. The van der Waals surface area contributed by atoms with Crippen LogP contribution in [0.5, 0.6) is 0 Å². The van der Waals surface area contributed by atoms with Gasteiger partial charge in [0.25, 0.3) is 0 Å². The fraction of sp³-hybridized carbons (Fsp3) is 0.706. The van der Waals surface area contributed by atoms with Crippen LogP contribution in [0.25, 0.3) is 0 Å². The predicted octanol–water partition coefficient (Wildman–Crippen LogP) is 0.462. The molecule has 6 heteroatoms. The molecule has 3 atom stereocenters. The Bertz CT molecular complexity index is 517. The van der Waals surface area contributed by atoms with E-state index in [1.807, 2.05) is 26.4 Å². The zero-order valence-corrected chi connectivity index (χ0v) is 14.4. The highest BCUT2D eigenvalue weighted by Gasteiger charge is 2.46. The van der Waals surface area contributed by atoms with Gasteiger partial charge in [0, 0.05) is 44.3 Å². The number of furan rings is 1. The van der Waals surface area contributed by atoms with Crippen LogP contribution in [0, 0.1) is 5.92 Å². The molecule has 6 nitrogen and oxygen atoms in total. The van der Waals surface area contributed by atoms with Gasteiger partial charge in [-0.15, -0.1) is 0 Å². The third kappa shape index (κ3) is 3.76. The summed E-state index contributed by atoms with van der Waals surface area (Å²) >= 11 is 0. The second kappa shape index (κ2) is 7.03. The van der Waals surface area contributed by atoms with E-state index >= 15 is 0 Å². The maximum Gasteiger partial charge on any atom is 0.237 e. The van der Waals surface area contributed by atoms with E-state index in [2.05, 4.69) is 27.1 Å². The fourth-order valence-electron chi connectivity index (χ4n) is 3.90. The van der Waals surface area contributed by atoms with Crippen molar-refractivity contribution in [3.63, 3.8) is 0 Å². The average Bonchev–Trinajstić information content (AvgIpc) is 3.18. The van der Waals surface area contributed by atoms with E-state index < -0.39 is 0 Å². The number of carbonyl (C=O) groups excluding carboxylic acids is 1. The first-order chi connectivity index (χ1) is 11.0. The molecule has 3 rings (SSSR count). The van der Waals surface area contributed by atoms with E-state index in [4.69, 9.17) is 4.42 Å². The van der Waals surface area contributed by atoms with Crippen molar-refractivity contribution in [1.29, 1.82) is 0 Å².